The van der Waals surface area contributed by atoms with Gasteiger partial charge < -0.3 is 10.4 Å². The van der Waals surface area contributed by atoms with Crippen molar-refractivity contribution in [3.63, 3.8) is 0 Å². The Morgan fingerprint density at radius 1 is 1.32 bits per heavy atom. The molecule has 0 bridgehead atoms. The van der Waals surface area contributed by atoms with Crippen molar-refractivity contribution < 1.29 is 19.5 Å². The number of unbranched alkanes of at least 4 members (excludes halogenated alkanes) is 2. The van der Waals surface area contributed by atoms with E-state index in [4.69, 9.17) is 5.11 Å². The van der Waals surface area contributed by atoms with E-state index >= 15 is 0 Å². The zero-order chi connectivity index (χ0) is 14.7. The molecule has 0 aromatic rings. The molecule has 0 spiro atoms. The Balaban J connectivity index is 3.94. The van der Waals surface area contributed by atoms with Crippen LogP contribution in [0.1, 0.15) is 39.5 Å². The molecule has 1 amide bonds. The molecule has 1 atom stereocenters. The van der Waals surface area contributed by atoms with Crippen LogP contribution >= 0.6 is 11.8 Å². The third-order valence-electron chi connectivity index (χ3n) is 2.32. The first-order valence-corrected chi connectivity index (χ1v) is 7.33. The van der Waals surface area contributed by atoms with E-state index in [1.54, 1.807) is 5.41 Å². The molecule has 108 valence electrons. The van der Waals surface area contributed by atoms with Crippen LogP contribution in [0.3, 0.4) is 0 Å². The lowest BCUT2D eigenvalue weighted by Crippen LogP contribution is -2.41. The molecular weight excluding hydrogens is 266 g/mol. The lowest BCUT2D eigenvalue weighted by molar-refractivity contribution is -0.140. The van der Waals surface area contributed by atoms with Gasteiger partial charge in [0.05, 0.1) is 0 Å². The summed E-state index contributed by atoms with van der Waals surface area (Å²) in [6.07, 6.45) is 4.99. The van der Waals surface area contributed by atoms with E-state index in [0.717, 1.165) is 19.3 Å². The number of ketones is 1. The summed E-state index contributed by atoms with van der Waals surface area (Å²) >= 11 is 1.20. The minimum Gasteiger partial charge on any atom is -0.480 e. The number of rotatable bonds is 10. The number of amides is 1. The van der Waals surface area contributed by atoms with Crippen LogP contribution in [-0.2, 0) is 14.4 Å². The molecule has 0 saturated heterocycles. The van der Waals surface area contributed by atoms with Gasteiger partial charge in [-0.3, -0.25) is 9.59 Å². The summed E-state index contributed by atoms with van der Waals surface area (Å²) in [6.45, 7) is 3.35. The Labute approximate surface area is 117 Å². The van der Waals surface area contributed by atoms with Gasteiger partial charge in [-0.1, -0.05) is 19.8 Å². The summed E-state index contributed by atoms with van der Waals surface area (Å²) in [7, 11) is 0. The fourth-order valence-electron chi connectivity index (χ4n) is 1.33. The van der Waals surface area contributed by atoms with Crippen LogP contribution in [0, 0.1) is 0 Å². The Morgan fingerprint density at radius 3 is 2.53 bits per heavy atom. The maximum Gasteiger partial charge on any atom is 0.327 e. The molecule has 0 saturated carbocycles. The summed E-state index contributed by atoms with van der Waals surface area (Å²) in [5.41, 5.74) is 0. The number of hydrogen-bond donors (Lipinski definition) is 2. The van der Waals surface area contributed by atoms with Gasteiger partial charge >= 0.3 is 5.97 Å². The first-order valence-electron chi connectivity index (χ1n) is 6.28. The first-order chi connectivity index (χ1) is 8.97. The summed E-state index contributed by atoms with van der Waals surface area (Å²) < 4.78 is 0. The van der Waals surface area contributed by atoms with E-state index in [1.807, 2.05) is 0 Å². The maximum atomic E-state index is 11.4. The Hall–Kier alpha value is -1.30. The SMILES string of the molecule is CCCCCC(=O)C=CSCC(NC(C)=O)C(=O)O. The first kappa shape index (κ1) is 17.7. The fraction of sp³-hybridized carbons (Fsp3) is 0.615. The largest absolute Gasteiger partial charge is 0.480 e. The van der Waals surface area contributed by atoms with Crippen molar-refractivity contribution in [2.45, 2.75) is 45.6 Å². The number of carbonyl (C=O) groups is 3. The topological polar surface area (TPSA) is 83.5 Å². The number of carbonyl (C=O) groups excluding carboxylic acids is 2. The van der Waals surface area contributed by atoms with Crippen molar-refractivity contribution in [1.29, 1.82) is 0 Å². The molecule has 6 heteroatoms. The van der Waals surface area contributed by atoms with Crippen molar-refractivity contribution in [2.24, 2.45) is 0 Å². The smallest absolute Gasteiger partial charge is 0.327 e. The zero-order valence-electron chi connectivity index (χ0n) is 11.3. The molecule has 0 aliphatic carbocycles. The van der Waals surface area contributed by atoms with E-state index < -0.39 is 12.0 Å². The summed E-state index contributed by atoms with van der Waals surface area (Å²) in [6, 6.07) is -0.928. The van der Waals surface area contributed by atoms with Gasteiger partial charge in [-0.05, 0) is 17.9 Å². The second-order valence-electron chi connectivity index (χ2n) is 4.15. The molecule has 0 aliphatic heterocycles. The number of carboxylic acids is 1. The number of hydrogen-bond acceptors (Lipinski definition) is 4. The second-order valence-corrected chi connectivity index (χ2v) is 5.09. The molecule has 0 aromatic carbocycles. The summed E-state index contributed by atoms with van der Waals surface area (Å²) in [5, 5.41) is 12.8. The van der Waals surface area contributed by atoms with Crippen LogP contribution in [0.15, 0.2) is 11.5 Å². The molecule has 0 aromatic heterocycles. The highest BCUT2D eigenvalue weighted by Crippen LogP contribution is 2.07. The average molecular weight is 287 g/mol. The second kappa shape index (κ2) is 10.6. The highest BCUT2D eigenvalue weighted by Gasteiger charge is 2.17. The van der Waals surface area contributed by atoms with E-state index in [-0.39, 0.29) is 17.4 Å². The molecule has 1 unspecified atom stereocenters. The van der Waals surface area contributed by atoms with Crippen molar-refractivity contribution in [1.82, 2.24) is 5.32 Å². The van der Waals surface area contributed by atoms with Crippen LogP contribution in [0.4, 0.5) is 0 Å². The van der Waals surface area contributed by atoms with E-state index in [0.29, 0.717) is 6.42 Å². The number of nitrogens with one attached hydrogen (secondary N) is 1. The van der Waals surface area contributed by atoms with E-state index in [1.165, 1.54) is 24.8 Å². The number of thioether (sulfide) groups is 1. The zero-order valence-corrected chi connectivity index (χ0v) is 12.2. The van der Waals surface area contributed by atoms with Gasteiger partial charge in [0, 0.05) is 19.1 Å². The monoisotopic (exact) mass is 287 g/mol. The number of aliphatic carboxylic acids is 1. The van der Waals surface area contributed by atoms with Crippen molar-refractivity contribution in [2.75, 3.05) is 5.75 Å². The van der Waals surface area contributed by atoms with Crippen molar-refractivity contribution >= 4 is 29.4 Å². The molecule has 0 rings (SSSR count). The van der Waals surface area contributed by atoms with Crippen molar-refractivity contribution in [3.8, 4) is 0 Å². The van der Waals surface area contributed by atoms with Gasteiger partial charge in [0.25, 0.3) is 0 Å². The Kier molecular flexibility index (Phi) is 9.88. The molecule has 0 radical (unpaired) electrons. The fourth-order valence-corrected chi connectivity index (χ4v) is 2.11. The molecule has 2 N–H and O–H groups in total. The predicted octanol–water partition coefficient (Wildman–Crippen LogP) is 1.97. The third-order valence-corrected chi connectivity index (χ3v) is 3.17. The molecule has 5 nitrogen and oxygen atoms in total. The van der Waals surface area contributed by atoms with Crippen LogP contribution < -0.4 is 5.32 Å². The van der Waals surface area contributed by atoms with Crippen LogP contribution in [0.25, 0.3) is 0 Å². The Morgan fingerprint density at radius 2 is 2.00 bits per heavy atom. The Bertz CT molecular complexity index is 342. The standard InChI is InChI=1S/C13H21NO4S/c1-3-4-5-6-11(16)7-8-19-9-12(13(17)18)14-10(2)15/h7-8,12H,3-6,9H2,1-2H3,(H,14,15)(H,17,18). The third kappa shape index (κ3) is 10.3. The lowest BCUT2D eigenvalue weighted by atomic mass is 10.1. The quantitative estimate of drug-likeness (QED) is 0.474. The maximum absolute atomic E-state index is 11.4. The van der Waals surface area contributed by atoms with Gasteiger partial charge in [0.15, 0.2) is 5.78 Å². The van der Waals surface area contributed by atoms with Gasteiger partial charge in [0.1, 0.15) is 6.04 Å². The average Bonchev–Trinajstić information content (AvgIpc) is 2.32. The lowest BCUT2D eigenvalue weighted by Gasteiger charge is -2.10. The molecule has 0 fully saturated rings. The number of allylic oxidation sites excluding steroid dienone is 1. The molecule has 0 aliphatic rings. The van der Waals surface area contributed by atoms with Gasteiger partial charge in [-0.15, -0.1) is 11.8 Å². The van der Waals surface area contributed by atoms with Crippen LogP contribution in [0.2, 0.25) is 0 Å². The number of carboxylic acid groups (broad SMARTS) is 1. The van der Waals surface area contributed by atoms with Crippen molar-refractivity contribution in [3.05, 3.63) is 11.5 Å². The van der Waals surface area contributed by atoms with Crippen LogP contribution in [0.5, 0.6) is 0 Å². The minimum absolute atomic E-state index is 0.0485. The van der Waals surface area contributed by atoms with E-state index in [2.05, 4.69) is 12.2 Å². The van der Waals surface area contributed by atoms with Gasteiger partial charge in [0.2, 0.25) is 5.91 Å². The molecular formula is C13H21NO4S. The van der Waals surface area contributed by atoms with E-state index in [9.17, 15) is 14.4 Å². The highest BCUT2D eigenvalue weighted by atomic mass is 32.2. The predicted molar refractivity (Wildman–Crippen MR) is 76.0 cm³/mol. The normalized spacial score (nSPS) is 12.3. The van der Waals surface area contributed by atoms with Gasteiger partial charge in [-0.2, -0.15) is 0 Å². The van der Waals surface area contributed by atoms with Gasteiger partial charge in [-0.25, -0.2) is 4.79 Å². The summed E-state index contributed by atoms with van der Waals surface area (Å²) in [4.78, 5) is 33.0. The van der Waals surface area contributed by atoms with Crippen LogP contribution in [-0.4, -0.2) is 34.6 Å². The molecule has 0 heterocycles. The molecule has 19 heavy (non-hydrogen) atoms. The minimum atomic E-state index is -1.08. The summed E-state index contributed by atoms with van der Waals surface area (Å²) in [5.74, 6) is -1.21. The highest BCUT2D eigenvalue weighted by molar-refractivity contribution is 8.02.